The molecular formula is C9H16O2. The first kappa shape index (κ1) is 10.3. The van der Waals surface area contributed by atoms with Crippen molar-refractivity contribution >= 4 is 12.1 Å². The Bertz CT molecular complexity index is 153. The number of aldehydes is 1. The lowest BCUT2D eigenvalue weighted by molar-refractivity contribution is -0.128. The second kappa shape index (κ2) is 3.65. The van der Waals surface area contributed by atoms with Gasteiger partial charge in [0, 0.05) is 17.8 Å². The van der Waals surface area contributed by atoms with Gasteiger partial charge < -0.3 is 4.79 Å². The Kier molecular flexibility index (Phi) is 3.43. The summed E-state index contributed by atoms with van der Waals surface area (Å²) in [6, 6.07) is 0. The highest BCUT2D eigenvalue weighted by molar-refractivity contribution is 5.85. The zero-order valence-corrected chi connectivity index (χ0v) is 7.68. The third-order valence-electron chi connectivity index (χ3n) is 1.58. The van der Waals surface area contributed by atoms with Gasteiger partial charge in [-0.3, -0.25) is 4.79 Å². The van der Waals surface area contributed by atoms with Crippen molar-refractivity contribution in [3.8, 4) is 0 Å². The highest BCUT2D eigenvalue weighted by Crippen LogP contribution is 2.18. The molecule has 11 heavy (non-hydrogen) atoms. The molecule has 0 aromatic carbocycles. The van der Waals surface area contributed by atoms with E-state index in [1.807, 2.05) is 20.8 Å². The second-order valence-corrected chi connectivity index (χ2v) is 3.99. The van der Waals surface area contributed by atoms with E-state index < -0.39 is 0 Å². The van der Waals surface area contributed by atoms with E-state index in [1.54, 1.807) is 6.92 Å². The van der Waals surface area contributed by atoms with Crippen molar-refractivity contribution in [3.63, 3.8) is 0 Å². The Balaban J connectivity index is 3.98. The Hall–Kier alpha value is -0.660. The van der Waals surface area contributed by atoms with Crippen LogP contribution in [-0.4, -0.2) is 12.1 Å². The van der Waals surface area contributed by atoms with E-state index in [2.05, 4.69) is 0 Å². The summed E-state index contributed by atoms with van der Waals surface area (Å²) in [5, 5.41) is 0. The zero-order valence-electron chi connectivity index (χ0n) is 7.68. The summed E-state index contributed by atoms with van der Waals surface area (Å²) in [7, 11) is 0. The number of hydrogen-bond acceptors (Lipinski definition) is 2. The molecule has 0 heterocycles. The Morgan fingerprint density at radius 2 is 1.91 bits per heavy atom. The molecule has 2 heteroatoms. The number of Topliss-reactive ketones (excluding diaryl/α,β-unsaturated/α-hetero) is 1. The lowest BCUT2D eigenvalue weighted by Crippen LogP contribution is -2.22. The third-order valence-corrected chi connectivity index (χ3v) is 1.58. The molecular weight excluding hydrogens is 140 g/mol. The molecule has 0 saturated carbocycles. The minimum absolute atomic E-state index is 0.137. The van der Waals surface area contributed by atoms with E-state index in [1.165, 1.54) is 0 Å². The van der Waals surface area contributed by atoms with Crippen molar-refractivity contribution in [1.29, 1.82) is 0 Å². The molecule has 0 saturated heterocycles. The highest BCUT2D eigenvalue weighted by Gasteiger charge is 2.22. The largest absolute Gasteiger partial charge is 0.303 e. The van der Waals surface area contributed by atoms with Gasteiger partial charge in [-0.05, 0) is 0 Å². The van der Waals surface area contributed by atoms with Crippen molar-refractivity contribution in [2.45, 2.75) is 34.1 Å². The molecule has 0 N–H and O–H groups in total. The molecule has 2 nitrogen and oxygen atoms in total. The third kappa shape index (κ3) is 3.91. The molecule has 0 fully saturated rings. The van der Waals surface area contributed by atoms with Gasteiger partial charge in [-0.25, -0.2) is 0 Å². The molecule has 0 aliphatic rings. The van der Waals surface area contributed by atoms with Crippen LogP contribution in [0.2, 0.25) is 0 Å². The predicted octanol–water partition coefficient (Wildman–Crippen LogP) is 1.83. The van der Waals surface area contributed by atoms with Gasteiger partial charge in [-0.2, -0.15) is 0 Å². The summed E-state index contributed by atoms with van der Waals surface area (Å²) in [6.07, 6.45) is 1.19. The Morgan fingerprint density at radius 3 is 2.18 bits per heavy atom. The number of rotatable bonds is 3. The number of ketones is 1. The molecule has 64 valence electrons. The van der Waals surface area contributed by atoms with Gasteiger partial charge >= 0.3 is 0 Å². The number of carbonyl (C=O) groups is 2. The van der Waals surface area contributed by atoms with Crippen LogP contribution in [0.1, 0.15) is 34.1 Å². The van der Waals surface area contributed by atoms with Crippen LogP contribution in [0.15, 0.2) is 0 Å². The van der Waals surface area contributed by atoms with Gasteiger partial charge in [0.05, 0.1) is 0 Å². The van der Waals surface area contributed by atoms with E-state index in [0.29, 0.717) is 6.42 Å². The first-order valence-corrected chi connectivity index (χ1v) is 3.86. The van der Waals surface area contributed by atoms with Crippen LogP contribution in [0.3, 0.4) is 0 Å². The first-order valence-electron chi connectivity index (χ1n) is 3.86. The number of hydrogen-bond donors (Lipinski definition) is 0. The fourth-order valence-corrected chi connectivity index (χ4v) is 0.647. The van der Waals surface area contributed by atoms with E-state index in [-0.39, 0.29) is 17.1 Å². The molecule has 0 aromatic heterocycles. The summed E-state index contributed by atoms with van der Waals surface area (Å²) < 4.78 is 0. The topological polar surface area (TPSA) is 34.1 Å². The predicted molar refractivity (Wildman–Crippen MR) is 44.3 cm³/mol. The van der Waals surface area contributed by atoms with Gasteiger partial charge in [0.25, 0.3) is 0 Å². The Labute approximate surface area is 68.0 Å². The minimum atomic E-state index is -0.308. The lowest BCUT2D eigenvalue weighted by atomic mass is 9.86. The van der Waals surface area contributed by atoms with Crippen LogP contribution in [0.25, 0.3) is 0 Å². The summed E-state index contributed by atoms with van der Waals surface area (Å²) in [6.45, 7) is 7.36. The van der Waals surface area contributed by atoms with E-state index >= 15 is 0 Å². The molecule has 1 unspecified atom stereocenters. The summed E-state index contributed by atoms with van der Waals surface area (Å²) >= 11 is 0. The van der Waals surface area contributed by atoms with Gasteiger partial charge in [0.1, 0.15) is 12.1 Å². The van der Waals surface area contributed by atoms with Gasteiger partial charge in [-0.15, -0.1) is 0 Å². The molecule has 0 spiro atoms. The van der Waals surface area contributed by atoms with Crippen molar-refractivity contribution in [2.75, 3.05) is 0 Å². The zero-order chi connectivity index (χ0) is 9.07. The van der Waals surface area contributed by atoms with Crippen LogP contribution in [0.4, 0.5) is 0 Å². The van der Waals surface area contributed by atoms with Gasteiger partial charge in [0.2, 0.25) is 0 Å². The molecule has 0 radical (unpaired) electrons. The fraction of sp³-hybridized carbons (Fsp3) is 0.778. The van der Waals surface area contributed by atoms with E-state index in [9.17, 15) is 9.59 Å². The lowest BCUT2D eigenvalue weighted by Gasteiger charge is -2.17. The smallest absolute Gasteiger partial charge is 0.138 e. The SMILES string of the molecule is CC(C=O)CC(=O)C(C)(C)C. The van der Waals surface area contributed by atoms with Crippen molar-refractivity contribution in [1.82, 2.24) is 0 Å². The van der Waals surface area contributed by atoms with Gasteiger partial charge in [-0.1, -0.05) is 27.7 Å². The molecule has 0 amide bonds. The van der Waals surface area contributed by atoms with Crippen molar-refractivity contribution < 1.29 is 9.59 Å². The maximum absolute atomic E-state index is 11.3. The fourth-order valence-electron chi connectivity index (χ4n) is 0.647. The van der Waals surface area contributed by atoms with Crippen LogP contribution in [0, 0.1) is 11.3 Å². The van der Waals surface area contributed by atoms with Crippen molar-refractivity contribution in [3.05, 3.63) is 0 Å². The van der Waals surface area contributed by atoms with E-state index in [4.69, 9.17) is 0 Å². The first-order chi connectivity index (χ1) is 4.88. The van der Waals surface area contributed by atoms with Crippen LogP contribution in [-0.2, 0) is 9.59 Å². The highest BCUT2D eigenvalue weighted by atomic mass is 16.1. The van der Waals surface area contributed by atoms with Crippen LogP contribution >= 0.6 is 0 Å². The standard InChI is InChI=1S/C9H16O2/c1-7(6-10)5-8(11)9(2,3)4/h6-7H,5H2,1-4H3. The van der Waals surface area contributed by atoms with Crippen LogP contribution in [0.5, 0.6) is 0 Å². The van der Waals surface area contributed by atoms with E-state index in [0.717, 1.165) is 6.29 Å². The molecule has 1 atom stereocenters. The summed E-state index contributed by atoms with van der Waals surface area (Å²) in [4.78, 5) is 21.5. The quantitative estimate of drug-likeness (QED) is 0.584. The maximum Gasteiger partial charge on any atom is 0.138 e. The summed E-state index contributed by atoms with van der Waals surface area (Å²) in [5.74, 6) is 0.0128. The average Bonchev–Trinajstić information content (AvgIpc) is 1.85. The van der Waals surface area contributed by atoms with Crippen LogP contribution < -0.4 is 0 Å². The molecule has 0 aliphatic carbocycles. The molecule has 0 aromatic rings. The molecule has 0 rings (SSSR count). The second-order valence-electron chi connectivity index (χ2n) is 3.99. The average molecular weight is 156 g/mol. The normalized spacial score (nSPS) is 14.2. The maximum atomic E-state index is 11.3. The minimum Gasteiger partial charge on any atom is -0.303 e. The van der Waals surface area contributed by atoms with Crippen molar-refractivity contribution in [2.24, 2.45) is 11.3 Å². The Morgan fingerprint density at radius 1 is 1.45 bits per heavy atom. The van der Waals surface area contributed by atoms with Gasteiger partial charge in [0.15, 0.2) is 0 Å². The summed E-state index contributed by atoms with van der Waals surface area (Å²) in [5.41, 5.74) is -0.308. The monoisotopic (exact) mass is 156 g/mol. The number of carbonyl (C=O) groups excluding carboxylic acids is 2. The molecule has 0 aliphatic heterocycles. The molecule has 0 bridgehead atoms.